The molecule has 0 bridgehead atoms. The smallest absolute Gasteiger partial charge is 0.120 e. The summed E-state index contributed by atoms with van der Waals surface area (Å²) in [6.45, 7) is 0.647. The summed E-state index contributed by atoms with van der Waals surface area (Å²) >= 11 is 1.70. The van der Waals surface area contributed by atoms with Crippen molar-refractivity contribution in [1.82, 2.24) is 0 Å². The number of ether oxygens (including phenoxy) is 1. The van der Waals surface area contributed by atoms with Crippen LogP contribution in [0.25, 0.3) is 0 Å². The van der Waals surface area contributed by atoms with Gasteiger partial charge in [-0.15, -0.1) is 0 Å². The average Bonchev–Trinajstić information content (AvgIpc) is 2.97. The van der Waals surface area contributed by atoms with Gasteiger partial charge in [0.05, 0.1) is 0 Å². The van der Waals surface area contributed by atoms with Crippen LogP contribution in [0.2, 0.25) is 0 Å². The molecule has 0 saturated carbocycles. The molecule has 1 heterocycles. The predicted octanol–water partition coefficient (Wildman–Crippen LogP) is 3.27. The van der Waals surface area contributed by atoms with Crippen molar-refractivity contribution < 1.29 is 4.74 Å². The average molecular weight is 245 g/mol. The minimum absolute atomic E-state index is 0.218. The summed E-state index contributed by atoms with van der Waals surface area (Å²) in [5, 5.41) is 4.18. The summed E-state index contributed by atoms with van der Waals surface area (Å²) in [7, 11) is 0. The zero-order valence-corrected chi connectivity index (χ0v) is 10.4. The van der Waals surface area contributed by atoms with Crippen molar-refractivity contribution in [3.8, 4) is 5.75 Å². The highest BCUT2D eigenvalue weighted by atomic mass is 32.1. The van der Waals surface area contributed by atoms with E-state index in [4.69, 9.17) is 10.5 Å². The zero-order chi connectivity index (χ0) is 11.7. The van der Waals surface area contributed by atoms with Crippen LogP contribution < -0.4 is 10.5 Å². The first kappa shape index (κ1) is 10.8. The maximum atomic E-state index is 6.01. The lowest BCUT2D eigenvalue weighted by Crippen LogP contribution is -2.04. The quantitative estimate of drug-likeness (QED) is 0.900. The van der Waals surface area contributed by atoms with Gasteiger partial charge in [0.1, 0.15) is 12.4 Å². The van der Waals surface area contributed by atoms with Crippen LogP contribution in [0.5, 0.6) is 5.75 Å². The second-order valence-corrected chi connectivity index (χ2v) is 5.21. The Hall–Kier alpha value is -1.32. The van der Waals surface area contributed by atoms with Crippen LogP contribution in [-0.4, -0.2) is 0 Å². The Morgan fingerprint density at radius 3 is 3.12 bits per heavy atom. The molecule has 88 valence electrons. The van der Waals surface area contributed by atoms with Gasteiger partial charge in [-0.2, -0.15) is 11.3 Å². The van der Waals surface area contributed by atoms with E-state index in [0.717, 1.165) is 18.6 Å². The molecule has 2 nitrogen and oxygen atoms in total. The molecule has 0 aliphatic heterocycles. The van der Waals surface area contributed by atoms with Crippen molar-refractivity contribution in [3.63, 3.8) is 0 Å². The van der Waals surface area contributed by atoms with Crippen molar-refractivity contribution >= 4 is 11.3 Å². The number of benzene rings is 1. The van der Waals surface area contributed by atoms with Crippen LogP contribution in [0.15, 0.2) is 35.0 Å². The van der Waals surface area contributed by atoms with E-state index in [1.54, 1.807) is 11.3 Å². The highest BCUT2D eigenvalue weighted by Gasteiger charge is 2.18. The molecule has 0 saturated heterocycles. The van der Waals surface area contributed by atoms with Crippen molar-refractivity contribution in [3.05, 3.63) is 51.7 Å². The first-order valence-electron chi connectivity index (χ1n) is 5.85. The SMILES string of the molecule is NC1CCc2cc(OCc3ccsc3)ccc21. The monoisotopic (exact) mass is 245 g/mol. The van der Waals surface area contributed by atoms with E-state index < -0.39 is 0 Å². The Labute approximate surface area is 105 Å². The Morgan fingerprint density at radius 1 is 1.35 bits per heavy atom. The lowest BCUT2D eigenvalue weighted by molar-refractivity contribution is 0.306. The van der Waals surface area contributed by atoms with E-state index in [1.165, 1.54) is 16.7 Å². The topological polar surface area (TPSA) is 35.2 Å². The van der Waals surface area contributed by atoms with Crippen molar-refractivity contribution in [2.24, 2.45) is 5.73 Å². The van der Waals surface area contributed by atoms with Crippen LogP contribution in [0, 0.1) is 0 Å². The highest BCUT2D eigenvalue weighted by Crippen LogP contribution is 2.32. The van der Waals surface area contributed by atoms with Gasteiger partial charge in [-0.3, -0.25) is 0 Å². The first-order valence-corrected chi connectivity index (χ1v) is 6.79. The van der Waals surface area contributed by atoms with Gasteiger partial charge in [0.25, 0.3) is 0 Å². The van der Waals surface area contributed by atoms with Crippen LogP contribution in [0.4, 0.5) is 0 Å². The third kappa shape index (κ3) is 2.21. The molecule has 1 aliphatic carbocycles. The number of fused-ring (bicyclic) bond motifs is 1. The van der Waals surface area contributed by atoms with Gasteiger partial charge in [0.2, 0.25) is 0 Å². The molecule has 2 N–H and O–H groups in total. The lowest BCUT2D eigenvalue weighted by Gasteiger charge is -2.08. The van der Waals surface area contributed by atoms with Gasteiger partial charge in [0.15, 0.2) is 0 Å². The molecule has 0 fully saturated rings. The number of nitrogens with two attached hydrogens (primary N) is 1. The summed E-state index contributed by atoms with van der Waals surface area (Å²) < 4.78 is 5.78. The maximum Gasteiger partial charge on any atom is 0.120 e. The van der Waals surface area contributed by atoms with E-state index in [0.29, 0.717) is 6.61 Å². The maximum absolute atomic E-state index is 6.01. The molecule has 1 aliphatic rings. The van der Waals surface area contributed by atoms with E-state index in [9.17, 15) is 0 Å². The largest absolute Gasteiger partial charge is 0.489 e. The Balaban J connectivity index is 1.72. The number of aryl methyl sites for hydroxylation is 1. The molecular formula is C14H15NOS. The van der Waals surface area contributed by atoms with E-state index in [2.05, 4.69) is 29.0 Å². The molecule has 17 heavy (non-hydrogen) atoms. The summed E-state index contributed by atoms with van der Waals surface area (Å²) in [5.74, 6) is 0.948. The van der Waals surface area contributed by atoms with E-state index in [-0.39, 0.29) is 6.04 Å². The fraction of sp³-hybridized carbons (Fsp3) is 0.286. The summed E-state index contributed by atoms with van der Waals surface area (Å²) in [6.07, 6.45) is 2.13. The van der Waals surface area contributed by atoms with Crippen molar-refractivity contribution in [2.45, 2.75) is 25.5 Å². The molecule has 3 heteroatoms. The predicted molar refractivity (Wildman–Crippen MR) is 70.3 cm³/mol. The minimum Gasteiger partial charge on any atom is -0.489 e. The van der Waals surface area contributed by atoms with Crippen LogP contribution in [0.3, 0.4) is 0 Å². The molecule has 2 aromatic rings. The van der Waals surface area contributed by atoms with Crippen LogP contribution >= 0.6 is 11.3 Å². The number of rotatable bonds is 3. The fourth-order valence-corrected chi connectivity index (χ4v) is 2.91. The van der Waals surface area contributed by atoms with Gasteiger partial charge in [-0.1, -0.05) is 6.07 Å². The van der Waals surface area contributed by atoms with E-state index >= 15 is 0 Å². The zero-order valence-electron chi connectivity index (χ0n) is 9.56. The van der Waals surface area contributed by atoms with Gasteiger partial charge in [-0.05, 0) is 58.5 Å². The molecule has 3 rings (SSSR count). The normalized spacial score (nSPS) is 18.1. The van der Waals surface area contributed by atoms with Gasteiger partial charge >= 0.3 is 0 Å². The molecule has 1 aromatic heterocycles. The first-order chi connectivity index (χ1) is 8.33. The van der Waals surface area contributed by atoms with Crippen LogP contribution in [-0.2, 0) is 13.0 Å². The number of hydrogen-bond donors (Lipinski definition) is 1. The minimum atomic E-state index is 0.218. The van der Waals surface area contributed by atoms with Gasteiger partial charge in [-0.25, -0.2) is 0 Å². The number of hydrogen-bond acceptors (Lipinski definition) is 3. The second kappa shape index (κ2) is 4.51. The van der Waals surface area contributed by atoms with Crippen molar-refractivity contribution in [1.29, 1.82) is 0 Å². The highest BCUT2D eigenvalue weighted by molar-refractivity contribution is 7.07. The Kier molecular flexibility index (Phi) is 2.87. The molecule has 0 spiro atoms. The number of thiophene rings is 1. The standard InChI is InChI=1S/C14H15NOS/c15-14-4-1-11-7-12(2-3-13(11)14)16-8-10-5-6-17-9-10/h2-3,5-7,9,14H,1,4,8,15H2. The fourth-order valence-electron chi connectivity index (χ4n) is 2.26. The summed E-state index contributed by atoms with van der Waals surface area (Å²) in [5.41, 5.74) is 9.87. The summed E-state index contributed by atoms with van der Waals surface area (Å²) in [6, 6.07) is 8.57. The van der Waals surface area contributed by atoms with Crippen molar-refractivity contribution in [2.75, 3.05) is 0 Å². The molecular weight excluding hydrogens is 230 g/mol. The third-order valence-electron chi connectivity index (χ3n) is 3.22. The van der Waals surface area contributed by atoms with E-state index in [1.807, 2.05) is 6.07 Å². The molecule has 1 aromatic carbocycles. The second-order valence-electron chi connectivity index (χ2n) is 4.43. The van der Waals surface area contributed by atoms with Gasteiger partial charge < -0.3 is 10.5 Å². The molecule has 0 radical (unpaired) electrons. The van der Waals surface area contributed by atoms with Gasteiger partial charge in [0, 0.05) is 6.04 Å². The Bertz CT molecular complexity index is 507. The molecule has 1 atom stereocenters. The summed E-state index contributed by atoms with van der Waals surface area (Å²) in [4.78, 5) is 0. The Morgan fingerprint density at radius 2 is 2.29 bits per heavy atom. The molecule has 0 amide bonds. The molecule has 1 unspecified atom stereocenters. The lowest BCUT2D eigenvalue weighted by atomic mass is 10.1. The van der Waals surface area contributed by atoms with Crippen LogP contribution in [0.1, 0.15) is 29.2 Å². The third-order valence-corrected chi connectivity index (χ3v) is 3.96.